The van der Waals surface area contributed by atoms with Crippen molar-refractivity contribution in [2.24, 2.45) is 7.05 Å². The molecule has 0 unspecified atom stereocenters. The van der Waals surface area contributed by atoms with Crippen LogP contribution in [-0.4, -0.2) is 28.2 Å². The van der Waals surface area contributed by atoms with E-state index < -0.39 is 68.4 Å². The van der Waals surface area contributed by atoms with Crippen LogP contribution < -0.4 is 9.09 Å². The molecule has 31 heavy (non-hydrogen) atoms. The molecule has 4 nitrogen and oxygen atoms in total. The number of halogens is 13. The van der Waals surface area contributed by atoms with Crippen molar-refractivity contribution in [1.29, 1.82) is 0 Å². The maximum Gasteiger partial charge on any atom is 0.465 e. The number of aryl methyl sites for hydroxylation is 2. The fourth-order valence-corrected chi connectivity index (χ4v) is 3.75. The normalized spacial score (nSPS) is 14.0. The van der Waals surface area contributed by atoms with Crippen LogP contribution in [0.15, 0.2) is 24.3 Å². The van der Waals surface area contributed by atoms with Crippen molar-refractivity contribution in [3.05, 3.63) is 24.3 Å². The highest BCUT2D eigenvalue weighted by atomic mass is 31.2. The van der Waals surface area contributed by atoms with Gasteiger partial charge in [-0.1, -0.05) is 0 Å². The van der Waals surface area contributed by atoms with E-state index in [1.165, 1.54) is 0 Å². The van der Waals surface area contributed by atoms with Crippen molar-refractivity contribution in [3.8, 4) is 6.01 Å². The van der Waals surface area contributed by atoms with Gasteiger partial charge in [0, 0.05) is 6.42 Å². The Morgan fingerprint density at radius 1 is 0.968 bits per heavy atom. The molecule has 0 saturated heterocycles. The number of rotatable bonds is 8. The highest BCUT2D eigenvalue weighted by molar-refractivity contribution is 7.62. The molecule has 0 amide bonds. The van der Waals surface area contributed by atoms with Gasteiger partial charge in [-0.3, -0.25) is 4.57 Å². The van der Waals surface area contributed by atoms with Crippen LogP contribution in [0.2, 0.25) is 0 Å². The van der Waals surface area contributed by atoms with Gasteiger partial charge in [0.05, 0.1) is 13.6 Å². The molecule has 0 N–H and O–H groups in total. The molecule has 1 aromatic heterocycles. The monoisotopic (exact) mass is 505 g/mol. The van der Waals surface area contributed by atoms with Gasteiger partial charge < -0.3 is 4.52 Å². The van der Waals surface area contributed by atoms with Crippen LogP contribution in [0.4, 0.5) is 57.1 Å². The Balaban J connectivity index is 3.50. The topological polar surface area (TPSA) is 35.1 Å². The lowest BCUT2D eigenvalue weighted by atomic mass is 10.3. The Hall–Kier alpha value is -1.93. The Bertz CT molecular complexity index is 838. The van der Waals surface area contributed by atoms with E-state index in [1.54, 1.807) is 0 Å². The van der Waals surface area contributed by atoms with E-state index in [9.17, 15) is 61.6 Å². The first kappa shape index (κ1) is 27.1. The van der Waals surface area contributed by atoms with Gasteiger partial charge in [0.15, 0.2) is 5.83 Å². The van der Waals surface area contributed by atoms with Crippen LogP contribution in [0.1, 0.15) is 12.8 Å². The molecule has 0 bridgehead atoms. The highest BCUT2D eigenvalue weighted by Crippen LogP contribution is 2.76. The van der Waals surface area contributed by atoms with Crippen LogP contribution in [0, 0.1) is 0 Å². The van der Waals surface area contributed by atoms with Gasteiger partial charge in [-0.05, 0) is 6.42 Å². The zero-order chi connectivity index (χ0) is 24.6. The molecule has 0 radical (unpaired) electrons. The van der Waals surface area contributed by atoms with E-state index in [1.807, 2.05) is 0 Å². The third kappa shape index (κ3) is 4.95. The summed E-state index contributed by atoms with van der Waals surface area (Å²) >= 11 is 0. The molecular formula is C13H11F13N2O2P+. The standard InChI is InChI=1S/C13H11F13N2O2P/c1-27-5-6-28(4-2-3-7(14)8(15)16)9(27)30-31(29,12(23,24)10(17,18)19)13(25,26)11(20,21)22/h5-6H,2-4H2,1H3/q+1. The fourth-order valence-electron chi connectivity index (χ4n) is 2.04. The van der Waals surface area contributed by atoms with E-state index in [4.69, 9.17) is 0 Å². The number of aromatic nitrogens is 2. The number of allylic oxidation sites excluding steroid dienone is 1. The van der Waals surface area contributed by atoms with Gasteiger partial charge >= 0.3 is 43.1 Å². The lowest BCUT2D eigenvalue weighted by Crippen LogP contribution is -2.49. The van der Waals surface area contributed by atoms with E-state index in [0.717, 1.165) is 7.05 Å². The molecule has 1 aromatic rings. The average Bonchev–Trinajstić information content (AvgIpc) is 2.92. The summed E-state index contributed by atoms with van der Waals surface area (Å²) in [5.41, 5.74) is -14.3. The fraction of sp³-hybridized carbons (Fsp3) is 0.615. The molecule has 0 atom stereocenters. The molecule has 180 valence electrons. The summed E-state index contributed by atoms with van der Waals surface area (Å²) in [6.07, 6.45) is -17.3. The molecule has 18 heteroatoms. The summed E-state index contributed by atoms with van der Waals surface area (Å²) in [5, 5.41) is 0. The lowest BCUT2D eigenvalue weighted by Gasteiger charge is -2.33. The number of imidazole rings is 1. The third-order valence-electron chi connectivity index (χ3n) is 3.65. The van der Waals surface area contributed by atoms with Gasteiger partial charge in [0.25, 0.3) is 0 Å². The maximum atomic E-state index is 13.7. The number of hydrogen-bond acceptors (Lipinski definition) is 2. The van der Waals surface area contributed by atoms with Gasteiger partial charge in [-0.25, -0.2) is 4.39 Å². The van der Waals surface area contributed by atoms with E-state index in [0.29, 0.717) is 21.5 Å². The molecule has 0 aliphatic carbocycles. The van der Waals surface area contributed by atoms with Gasteiger partial charge in [0.1, 0.15) is 12.4 Å². The number of alkyl halides is 10. The Morgan fingerprint density at radius 2 is 1.42 bits per heavy atom. The van der Waals surface area contributed by atoms with Crippen LogP contribution in [-0.2, 0) is 18.2 Å². The lowest BCUT2D eigenvalue weighted by molar-refractivity contribution is -0.674. The summed E-state index contributed by atoms with van der Waals surface area (Å²) in [6.45, 7) is -0.786. The first-order valence-corrected chi connectivity index (χ1v) is 9.26. The molecule has 0 aliphatic rings. The van der Waals surface area contributed by atoms with Crippen molar-refractivity contribution in [3.63, 3.8) is 0 Å². The van der Waals surface area contributed by atoms with Crippen molar-refractivity contribution < 1.29 is 70.7 Å². The van der Waals surface area contributed by atoms with Crippen molar-refractivity contribution >= 4 is 7.37 Å². The summed E-state index contributed by atoms with van der Waals surface area (Å²) in [4.78, 5) is 0. The van der Waals surface area contributed by atoms with E-state index >= 15 is 0 Å². The molecule has 1 heterocycles. The summed E-state index contributed by atoms with van der Waals surface area (Å²) in [5.74, 6) is -1.93. The summed E-state index contributed by atoms with van der Waals surface area (Å²) < 4.78 is 183. The van der Waals surface area contributed by atoms with Crippen LogP contribution in [0.3, 0.4) is 0 Å². The van der Waals surface area contributed by atoms with Gasteiger partial charge in [-0.2, -0.15) is 61.8 Å². The summed E-state index contributed by atoms with van der Waals surface area (Å²) in [6, 6.07) is -1.58. The quantitative estimate of drug-likeness (QED) is 0.242. The molecular weight excluding hydrogens is 494 g/mol. The second-order valence-electron chi connectivity index (χ2n) is 5.87. The zero-order valence-corrected chi connectivity index (χ0v) is 15.7. The van der Waals surface area contributed by atoms with Crippen LogP contribution in [0.5, 0.6) is 6.01 Å². The van der Waals surface area contributed by atoms with E-state index in [2.05, 4.69) is 4.52 Å². The molecule has 0 aromatic carbocycles. The Kier molecular flexibility index (Phi) is 7.47. The minimum absolute atomic E-state index is 0.314. The van der Waals surface area contributed by atoms with Gasteiger partial charge in [-0.15, -0.1) is 0 Å². The van der Waals surface area contributed by atoms with Crippen LogP contribution in [0.25, 0.3) is 0 Å². The largest absolute Gasteiger partial charge is 0.465 e. The van der Waals surface area contributed by atoms with E-state index in [-0.39, 0.29) is 0 Å². The average molecular weight is 505 g/mol. The minimum atomic E-state index is -8.34. The van der Waals surface area contributed by atoms with Crippen molar-refractivity contribution in [2.45, 2.75) is 43.1 Å². The van der Waals surface area contributed by atoms with Crippen molar-refractivity contribution in [1.82, 2.24) is 4.57 Å². The minimum Gasteiger partial charge on any atom is -0.366 e. The molecule has 0 saturated carbocycles. The smallest absolute Gasteiger partial charge is 0.366 e. The van der Waals surface area contributed by atoms with Crippen molar-refractivity contribution in [2.75, 3.05) is 0 Å². The predicted octanol–water partition coefficient (Wildman–Crippen LogP) is 6.14. The second kappa shape index (κ2) is 8.54. The maximum absolute atomic E-state index is 13.7. The highest BCUT2D eigenvalue weighted by Gasteiger charge is 2.86. The number of nitrogens with zero attached hydrogens (tertiary/aromatic N) is 2. The molecule has 0 fully saturated rings. The number of hydrogen-bond donors (Lipinski definition) is 0. The first-order chi connectivity index (χ1) is 13.7. The molecule has 1 rings (SSSR count). The summed E-state index contributed by atoms with van der Waals surface area (Å²) in [7, 11) is -7.61. The second-order valence-corrected chi connectivity index (χ2v) is 8.28. The first-order valence-electron chi connectivity index (χ1n) is 7.64. The zero-order valence-electron chi connectivity index (χ0n) is 14.8. The van der Waals surface area contributed by atoms with Crippen LogP contribution >= 0.6 is 7.37 Å². The Morgan fingerprint density at radius 3 is 1.81 bits per heavy atom. The third-order valence-corrected chi connectivity index (χ3v) is 6.06. The van der Waals surface area contributed by atoms with Gasteiger partial charge in [0.2, 0.25) is 0 Å². The predicted molar refractivity (Wildman–Crippen MR) is 75.4 cm³/mol. The SMILES string of the molecule is C[n+]1ccn(CCCC(F)=C(F)F)c1OP(=O)(C(F)(F)C(F)(F)F)C(F)(F)C(F)(F)F. The Labute approximate surface area is 164 Å². The molecule has 0 aliphatic heterocycles. The molecule has 0 spiro atoms.